The highest BCUT2D eigenvalue weighted by atomic mass is 32.1. The number of hydrogen-bond acceptors (Lipinski definition) is 5. The van der Waals surface area contributed by atoms with Crippen LogP contribution in [-0.2, 0) is 0 Å². The van der Waals surface area contributed by atoms with Crippen molar-refractivity contribution in [3.63, 3.8) is 0 Å². The number of ether oxygens (including phenoxy) is 2. The molecule has 0 aliphatic rings. The van der Waals surface area contributed by atoms with Crippen LogP contribution in [0.4, 0.5) is 0 Å². The normalized spacial score (nSPS) is 10.1. The first-order chi connectivity index (χ1) is 13.4. The Morgan fingerprint density at radius 3 is 2.32 bits per heavy atom. The molecule has 2 aromatic rings. The van der Waals surface area contributed by atoms with E-state index in [1.807, 2.05) is 13.8 Å². The van der Waals surface area contributed by atoms with Gasteiger partial charge in [0.2, 0.25) is 0 Å². The number of hydrazine groups is 1. The Bertz CT molecular complexity index is 838. The number of amides is 2. The van der Waals surface area contributed by atoms with Crippen LogP contribution in [0, 0.1) is 5.92 Å². The standard InChI is InChI=1S/C20H23N3O4S/c1-13(2)12-27-17-7-5-4-6-16(17)19(25)21-20(28)23-22-18(24)14-8-10-15(26-3)11-9-14/h4-11,13H,12H2,1-3H3,(H,22,24)(H2,21,23,25,28). The third-order valence-corrected chi connectivity index (χ3v) is 3.78. The molecule has 2 aromatic carbocycles. The maximum absolute atomic E-state index is 12.5. The van der Waals surface area contributed by atoms with Crippen molar-refractivity contribution < 1.29 is 19.1 Å². The minimum absolute atomic E-state index is 0.0366. The average Bonchev–Trinajstić information content (AvgIpc) is 2.70. The zero-order chi connectivity index (χ0) is 20.5. The summed E-state index contributed by atoms with van der Waals surface area (Å²) in [6, 6.07) is 13.5. The summed E-state index contributed by atoms with van der Waals surface area (Å²) in [7, 11) is 1.55. The Hall–Kier alpha value is -3.13. The Balaban J connectivity index is 1.90. The van der Waals surface area contributed by atoms with E-state index in [9.17, 15) is 9.59 Å². The van der Waals surface area contributed by atoms with Crippen LogP contribution in [0.15, 0.2) is 48.5 Å². The van der Waals surface area contributed by atoms with Gasteiger partial charge in [0.25, 0.3) is 11.8 Å². The summed E-state index contributed by atoms with van der Waals surface area (Å²) in [6.07, 6.45) is 0. The van der Waals surface area contributed by atoms with Crippen molar-refractivity contribution in [3.05, 3.63) is 59.7 Å². The fraction of sp³-hybridized carbons (Fsp3) is 0.250. The maximum Gasteiger partial charge on any atom is 0.269 e. The van der Waals surface area contributed by atoms with Crippen molar-refractivity contribution in [1.82, 2.24) is 16.2 Å². The molecule has 28 heavy (non-hydrogen) atoms. The highest BCUT2D eigenvalue weighted by Gasteiger charge is 2.14. The molecule has 0 saturated heterocycles. The van der Waals surface area contributed by atoms with Gasteiger partial charge in [-0.1, -0.05) is 26.0 Å². The molecule has 0 fully saturated rings. The smallest absolute Gasteiger partial charge is 0.269 e. The van der Waals surface area contributed by atoms with Gasteiger partial charge in [-0.2, -0.15) is 0 Å². The quantitative estimate of drug-likeness (QED) is 0.510. The SMILES string of the molecule is COc1ccc(C(=O)NNC(=S)NC(=O)c2ccccc2OCC(C)C)cc1. The first kappa shape index (κ1) is 21.2. The van der Waals surface area contributed by atoms with Crippen molar-refractivity contribution in [3.8, 4) is 11.5 Å². The molecule has 0 aromatic heterocycles. The Labute approximate surface area is 169 Å². The first-order valence-corrected chi connectivity index (χ1v) is 9.09. The Morgan fingerprint density at radius 1 is 1.00 bits per heavy atom. The van der Waals surface area contributed by atoms with Gasteiger partial charge in [0.05, 0.1) is 19.3 Å². The summed E-state index contributed by atoms with van der Waals surface area (Å²) in [5.74, 6) is 0.604. The molecule has 0 spiro atoms. The predicted octanol–water partition coefficient (Wildman–Crippen LogP) is 2.68. The molecule has 0 aliphatic heterocycles. The molecular formula is C20H23N3O4S. The summed E-state index contributed by atoms with van der Waals surface area (Å²) in [6.45, 7) is 4.53. The number of hydrogen-bond donors (Lipinski definition) is 3. The zero-order valence-corrected chi connectivity index (χ0v) is 16.8. The number of nitrogens with one attached hydrogen (secondary N) is 3. The fourth-order valence-corrected chi connectivity index (χ4v) is 2.31. The highest BCUT2D eigenvalue weighted by molar-refractivity contribution is 7.80. The van der Waals surface area contributed by atoms with Gasteiger partial charge in [0.15, 0.2) is 5.11 Å². The first-order valence-electron chi connectivity index (χ1n) is 8.68. The molecule has 0 atom stereocenters. The van der Waals surface area contributed by atoms with E-state index in [1.165, 1.54) is 0 Å². The van der Waals surface area contributed by atoms with Crippen LogP contribution in [-0.4, -0.2) is 30.6 Å². The number of thiocarbonyl (C=S) groups is 1. The lowest BCUT2D eigenvalue weighted by Crippen LogP contribution is -2.48. The van der Waals surface area contributed by atoms with Gasteiger partial charge >= 0.3 is 0 Å². The van der Waals surface area contributed by atoms with Gasteiger partial charge in [0, 0.05) is 5.56 Å². The minimum Gasteiger partial charge on any atom is -0.497 e. The second-order valence-electron chi connectivity index (χ2n) is 6.29. The lowest BCUT2D eigenvalue weighted by Gasteiger charge is -2.14. The van der Waals surface area contributed by atoms with Gasteiger partial charge in [-0.25, -0.2) is 0 Å². The van der Waals surface area contributed by atoms with Crippen LogP contribution in [0.3, 0.4) is 0 Å². The number of rotatable bonds is 6. The van der Waals surface area contributed by atoms with Gasteiger partial charge in [-0.15, -0.1) is 0 Å². The van der Waals surface area contributed by atoms with Crippen molar-refractivity contribution in [1.29, 1.82) is 0 Å². The van der Waals surface area contributed by atoms with Gasteiger partial charge < -0.3 is 9.47 Å². The molecule has 8 heteroatoms. The largest absolute Gasteiger partial charge is 0.497 e. The van der Waals surface area contributed by atoms with Crippen LogP contribution >= 0.6 is 12.2 Å². The van der Waals surface area contributed by atoms with Crippen LogP contribution in [0.2, 0.25) is 0 Å². The maximum atomic E-state index is 12.5. The number of para-hydroxylation sites is 1. The number of methoxy groups -OCH3 is 1. The molecule has 148 valence electrons. The lowest BCUT2D eigenvalue weighted by atomic mass is 10.2. The third-order valence-electron chi connectivity index (χ3n) is 3.57. The van der Waals surface area contributed by atoms with E-state index in [2.05, 4.69) is 16.2 Å². The Morgan fingerprint density at radius 2 is 1.68 bits per heavy atom. The van der Waals surface area contributed by atoms with Crippen molar-refractivity contribution in [2.24, 2.45) is 5.92 Å². The van der Waals surface area contributed by atoms with E-state index in [0.29, 0.717) is 35.2 Å². The minimum atomic E-state index is -0.435. The second-order valence-corrected chi connectivity index (χ2v) is 6.70. The zero-order valence-electron chi connectivity index (χ0n) is 15.9. The van der Waals surface area contributed by atoms with Crippen LogP contribution in [0.5, 0.6) is 11.5 Å². The highest BCUT2D eigenvalue weighted by Crippen LogP contribution is 2.18. The van der Waals surface area contributed by atoms with Gasteiger partial charge in [-0.3, -0.25) is 25.8 Å². The van der Waals surface area contributed by atoms with E-state index in [-0.39, 0.29) is 5.11 Å². The third kappa shape index (κ3) is 6.24. The molecular weight excluding hydrogens is 378 g/mol. The molecule has 2 rings (SSSR count). The van der Waals surface area contributed by atoms with Crippen LogP contribution < -0.4 is 25.6 Å². The van der Waals surface area contributed by atoms with E-state index in [0.717, 1.165) is 0 Å². The molecule has 0 heterocycles. The van der Waals surface area contributed by atoms with Crippen molar-refractivity contribution in [2.45, 2.75) is 13.8 Å². The fourth-order valence-electron chi connectivity index (χ4n) is 2.17. The summed E-state index contributed by atoms with van der Waals surface area (Å²) < 4.78 is 10.7. The van der Waals surface area contributed by atoms with E-state index >= 15 is 0 Å². The summed E-state index contributed by atoms with van der Waals surface area (Å²) in [5, 5.41) is 2.48. The molecule has 0 saturated carbocycles. The summed E-state index contributed by atoms with van der Waals surface area (Å²) in [5.41, 5.74) is 5.71. The number of carbonyl (C=O) groups is 2. The molecule has 0 aliphatic carbocycles. The van der Waals surface area contributed by atoms with Crippen molar-refractivity contribution >= 4 is 29.1 Å². The Kier molecular flexibility index (Phi) is 7.76. The topological polar surface area (TPSA) is 88.7 Å². The molecule has 3 N–H and O–H groups in total. The average molecular weight is 401 g/mol. The molecule has 2 amide bonds. The molecule has 7 nitrogen and oxygen atoms in total. The van der Waals surface area contributed by atoms with Crippen LogP contribution in [0.1, 0.15) is 34.6 Å². The second kappa shape index (κ2) is 10.3. The molecule has 0 unspecified atom stereocenters. The molecule has 0 bridgehead atoms. The van der Waals surface area contributed by atoms with Crippen LogP contribution in [0.25, 0.3) is 0 Å². The van der Waals surface area contributed by atoms with Crippen molar-refractivity contribution in [2.75, 3.05) is 13.7 Å². The van der Waals surface area contributed by atoms with E-state index in [4.69, 9.17) is 21.7 Å². The number of carbonyl (C=O) groups excluding carboxylic acids is 2. The lowest BCUT2D eigenvalue weighted by molar-refractivity contribution is 0.0933. The molecule has 0 radical (unpaired) electrons. The van der Waals surface area contributed by atoms with Gasteiger partial charge in [-0.05, 0) is 54.5 Å². The number of benzene rings is 2. The van der Waals surface area contributed by atoms with E-state index in [1.54, 1.807) is 55.6 Å². The predicted molar refractivity (Wildman–Crippen MR) is 110 cm³/mol. The monoisotopic (exact) mass is 401 g/mol. The summed E-state index contributed by atoms with van der Waals surface area (Å²) >= 11 is 5.07. The van der Waals surface area contributed by atoms with Gasteiger partial charge in [0.1, 0.15) is 11.5 Å². The van der Waals surface area contributed by atoms with E-state index < -0.39 is 11.8 Å². The summed E-state index contributed by atoms with van der Waals surface area (Å²) in [4.78, 5) is 24.6.